The van der Waals surface area contributed by atoms with Crippen LogP contribution in [0, 0.1) is 0 Å². The molecular formula is C21H15F3N2O2S. The van der Waals surface area contributed by atoms with Gasteiger partial charge in [0, 0.05) is 23.4 Å². The van der Waals surface area contributed by atoms with Crippen LogP contribution in [0.4, 0.5) is 18.9 Å². The number of halogens is 3. The molecule has 0 radical (unpaired) electrons. The first kappa shape index (κ1) is 19.3. The van der Waals surface area contributed by atoms with Crippen molar-refractivity contribution < 1.29 is 22.8 Å². The maximum Gasteiger partial charge on any atom is 0.435 e. The fourth-order valence-corrected chi connectivity index (χ4v) is 4.36. The Morgan fingerprint density at radius 1 is 1.10 bits per heavy atom. The summed E-state index contributed by atoms with van der Waals surface area (Å²) in [6.45, 7) is 1.70. The van der Waals surface area contributed by atoms with E-state index >= 15 is 0 Å². The molecule has 2 aromatic carbocycles. The molecule has 0 saturated carbocycles. The highest BCUT2D eigenvalue weighted by atomic mass is 32.1. The Balaban J connectivity index is 1.75. The maximum atomic E-state index is 13.6. The largest absolute Gasteiger partial charge is 0.435 e. The van der Waals surface area contributed by atoms with E-state index in [2.05, 4.69) is 4.98 Å². The number of amides is 1. The predicted octanol–water partition coefficient (Wildman–Crippen LogP) is 5.23. The van der Waals surface area contributed by atoms with Gasteiger partial charge in [-0.1, -0.05) is 30.3 Å². The maximum absolute atomic E-state index is 13.6. The number of benzene rings is 2. The molecule has 1 aliphatic rings. The second kappa shape index (κ2) is 7.11. The van der Waals surface area contributed by atoms with Crippen molar-refractivity contribution in [2.75, 3.05) is 11.4 Å². The number of fused-ring (bicyclic) bond motifs is 1. The summed E-state index contributed by atoms with van der Waals surface area (Å²) < 4.78 is 40.8. The van der Waals surface area contributed by atoms with Gasteiger partial charge in [0.05, 0.1) is 0 Å². The number of aromatic nitrogens is 1. The lowest BCUT2D eigenvalue weighted by molar-refractivity contribution is -0.141. The lowest BCUT2D eigenvalue weighted by atomic mass is 10.1. The SMILES string of the molecule is CC(=O)c1ccc2c(c1)CCN2C(=O)c1sc(-c2ccccc2)nc1C(F)(F)F. The monoisotopic (exact) mass is 416 g/mol. The molecular weight excluding hydrogens is 401 g/mol. The first-order chi connectivity index (χ1) is 13.8. The molecule has 0 aliphatic carbocycles. The van der Waals surface area contributed by atoms with Gasteiger partial charge < -0.3 is 4.90 Å². The summed E-state index contributed by atoms with van der Waals surface area (Å²) in [5.74, 6) is -0.835. The average molecular weight is 416 g/mol. The lowest BCUT2D eigenvalue weighted by Gasteiger charge is -2.17. The Morgan fingerprint density at radius 3 is 2.48 bits per heavy atom. The Labute approximate surface area is 168 Å². The van der Waals surface area contributed by atoms with E-state index in [1.165, 1.54) is 11.8 Å². The molecule has 0 unspecified atom stereocenters. The number of rotatable bonds is 3. The summed E-state index contributed by atoms with van der Waals surface area (Å²) in [6.07, 6.45) is -4.26. The molecule has 8 heteroatoms. The molecule has 148 valence electrons. The minimum absolute atomic E-state index is 0.105. The number of carbonyl (C=O) groups excluding carboxylic acids is 2. The quantitative estimate of drug-likeness (QED) is 0.549. The summed E-state index contributed by atoms with van der Waals surface area (Å²) >= 11 is 0.741. The molecule has 0 spiro atoms. The van der Waals surface area contributed by atoms with Gasteiger partial charge in [-0.3, -0.25) is 9.59 Å². The van der Waals surface area contributed by atoms with Crippen LogP contribution in [0.25, 0.3) is 10.6 Å². The number of hydrogen-bond acceptors (Lipinski definition) is 4. The van der Waals surface area contributed by atoms with Crippen LogP contribution >= 0.6 is 11.3 Å². The zero-order chi connectivity index (χ0) is 20.8. The molecule has 4 nitrogen and oxygen atoms in total. The van der Waals surface area contributed by atoms with Crippen molar-refractivity contribution in [3.8, 4) is 10.6 Å². The molecule has 2 heterocycles. The number of Topliss-reactive ketones (excluding diaryl/α,β-unsaturated/α-hetero) is 1. The van der Waals surface area contributed by atoms with Crippen molar-refractivity contribution in [1.82, 2.24) is 4.98 Å². The molecule has 0 N–H and O–H groups in total. The van der Waals surface area contributed by atoms with Crippen LogP contribution in [-0.2, 0) is 12.6 Å². The van der Waals surface area contributed by atoms with Crippen molar-refractivity contribution >= 4 is 28.7 Å². The van der Waals surface area contributed by atoms with E-state index in [1.807, 2.05) is 0 Å². The summed E-state index contributed by atoms with van der Waals surface area (Å²) in [5.41, 5.74) is 1.17. The summed E-state index contributed by atoms with van der Waals surface area (Å²) in [6, 6.07) is 13.4. The van der Waals surface area contributed by atoms with Gasteiger partial charge in [-0.2, -0.15) is 13.2 Å². The van der Waals surface area contributed by atoms with E-state index in [9.17, 15) is 22.8 Å². The lowest BCUT2D eigenvalue weighted by Crippen LogP contribution is -2.30. The van der Waals surface area contributed by atoms with Gasteiger partial charge in [-0.05, 0) is 37.1 Å². The number of carbonyl (C=O) groups is 2. The summed E-state index contributed by atoms with van der Waals surface area (Å²) in [4.78, 5) is 29.3. The zero-order valence-electron chi connectivity index (χ0n) is 15.3. The van der Waals surface area contributed by atoms with Gasteiger partial charge in [-0.15, -0.1) is 11.3 Å². The van der Waals surface area contributed by atoms with Crippen molar-refractivity contribution in [2.24, 2.45) is 0 Å². The molecule has 1 aromatic heterocycles. The van der Waals surface area contributed by atoms with E-state index in [4.69, 9.17) is 0 Å². The van der Waals surface area contributed by atoms with Crippen molar-refractivity contribution in [3.63, 3.8) is 0 Å². The Kier molecular flexibility index (Phi) is 4.74. The Hall–Kier alpha value is -3.00. The summed E-state index contributed by atoms with van der Waals surface area (Å²) in [7, 11) is 0. The topological polar surface area (TPSA) is 50.3 Å². The molecule has 3 aromatic rings. The highest BCUT2D eigenvalue weighted by molar-refractivity contribution is 7.17. The smallest absolute Gasteiger partial charge is 0.307 e. The number of thiazole rings is 1. The van der Waals surface area contributed by atoms with Gasteiger partial charge in [0.15, 0.2) is 11.5 Å². The predicted molar refractivity (Wildman–Crippen MR) is 104 cm³/mol. The molecule has 0 saturated heterocycles. The third-order valence-electron chi connectivity index (χ3n) is 4.74. The molecule has 1 amide bonds. The molecule has 0 atom stereocenters. The van der Waals surface area contributed by atoms with E-state index in [-0.39, 0.29) is 17.3 Å². The molecule has 0 fully saturated rings. The minimum Gasteiger partial charge on any atom is -0.307 e. The first-order valence-corrected chi connectivity index (χ1v) is 9.66. The highest BCUT2D eigenvalue weighted by Crippen LogP contribution is 2.40. The molecule has 4 rings (SSSR count). The van der Waals surface area contributed by atoms with Gasteiger partial charge in [0.25, 0.3) is 5.91 Å². The van der Waals surface area contributed by atoms with Crippen molar-refractivity contribution in [1.29, 1.82) is 0 Å². The van der Waals surface area contributed by atoms with E-state index in [0.717, 1.165) is 16.9 Å². The molecule has 29 heavy (non-hydrogen) atoms. The standard InChI is InChI=1S/C21H15F3N2O2S/c1-12(27)14-7-8-16-15(11-14)9-10-26(16)20(28)17-18(21(22,23)24)25-19(29-17)13-5-3-2-4-6-13/h2-8,11H,9-10H2,1H3. The second-order valence-corrected chi connectivity index (χ2v) is 7.67. The Bertz CT molecular complexity index is 1110. The normalized spacial score (nSPS) is 13.4. The van der Waals surface area contributed by atoms with Gasteiger partial charge in [0.2, 0.25) is 0 Å². The number of nitrogens with zero attached hydrogens (tertiary/aromatic N) is 2. The van der Waals surface area contributed by atoms with Crippen molar-refractivity contribution in [3.05, 3.63) is 70.2 Å². The third-order valence-corrected chi connectivity index (χ3v) is 5.83. The fourth-order valence-electron chi connectivity index (χ4n) is 3.32. The van der Waals surface area contributed by atoms with Crippen LogP contribution in [-0.4, -0.2) is 23.2 Å². The number of hydrogen-bond donors (Lipinski definition) is 0. The Morgan fingerprint density at radius 2 is 1.83 bits per heavy atom. The van der Waals surface area contributed by atoms with E-state index in [1.54, 1.807) is 48.5 Å². The van der Waals surface area contributed by atoms with Crippen molar-refractivity contribution in [2.45, 2.75) is 19.5 Å². The minimum atomic E-state index is -4.74. The fraction of sp³-hybridized carbons (Fsp3) is 0.190. The number of anilines is 1. The van der Waals surface area contributed by atoms with Crippen LogP contribution < -0.4 is 4.90 Å². The second-order valence-electron chi connectivity index (χ2n) is 6.67. The van der Waals surface area contributed by atoms with E-state index < -0.39 is 22.7 Å². The van der Waals surface area contributed by atoms with Gasteiger partial charge >= 0.3 is 6.18 Å². The number of alkyl halides is 3. The average Bonchev–Trinajstić information content (AvgIpc) is 3.32. The highest BCUT2D eigenvalue weighted by Gasteiger charge is 2.41. The van der Waals surface area contributed by atoms with E-state index in [0.29, 0.717) is 23.2 Å². The zero-order valence-corrected chi connectivity index (χ0v) is 16.1. The van der Waals surface area contributed by atoms with Crippen LogP contribution in [0.2, 0.25) is 0 Å². The summed E-state index contributed by atoms with van der Waals surface area (Å²) in [5, 5.41) is 0.146. The van der Waals surface area contributed by atoms with Gasteiger partial charge in [-0.25, -0.2) is 4.98 Å². The third kappa shape index (κ3) is 3.55. The van der Waals surface area contributed by atoms with Crippen LogP contribution in [0.15, 0.2) is 48.5 Å². The van der Waals surface area contributed by atoms with Gasteiger partial charge in [0.1, 0.15) is 9.88 Å². The van der Waals surface area contributed by atoms with Crippen LogP contribution in [0.1, 0.15) is 38.2 Å². The van der Waals surface area contributed by atoms with Crippen LogP contribution in [0.5, 0.6) is 0 Å². The molecule has 1 aliphatic heterocycles. The molecule has 0 bridgehead atoms. The number of ketones is 1. The first-order valence-electron chi connectivity index (χ1n) is 8.85. The van der Waals surface area contributed by atoms with Crippen LogP contribution in [0.3, 0.4) is 0 Å².